The molecule has 0 saturated carbocycles. The van der Waals surface area contributed by atoms with E-state index in [0.717, 1.165) is 15.6 Å². The summed E-state index contributed by atoms with van der Waals surface area (Å²) in [6, 6.07) is 8.60. The van der Waals surface area contributed by atoms with Crippen molar-refractivity contribution in [2.24, 2.45) is 0 Å². The Kier molecular flexibility index (Phi) is 9.39. The Labute approximate surface area is 221 Å². The van der Waals surface area contributed by atoms with Gasteiger partial charge in [0, 0.05) is 29.9 Å². The fourth-order valence-corrected chi connectivity index (χ4v) is 3.53. The molecule has 196 valence electrons. The molecule has 11 nitrogen and oxygen atoms in total. The number of likely N-dealkylation sites (N-methyl/N-ethyl adjacent to an activating group) is 1. The lowest BCUT2D eigenvalue weighted by Crippen LogP contribution is -2.31. The van der Waals surface area contributed by atoms with Crippen molar-refractivity contribution in [1.29, 1.82) is 0 Å². The van der Waals surface area contributed by atoms with Gasteiger partial charge in [0.2, 0.25) is 5.95 Å². The summed E-state index contributed by atoms with van der Waals surface area (Å²) < 4.78 is 25.8. The van der Waals surface area contributed by atoms with E-state index in [1.54, 1.807) is 19.2 Å². The molecule has 1 unspecified atom stereocenters. The van der Waals surface area contributed by atoms with E-state index in [4.69, 9.17) is 32.7 Å². The van der Waals surface area contributed by atoms with Gasteiger partial charge in [0.25, 0.3) is 5.91 Å². The molecule has 37 heavy (non-hydrogen) atoms. The van der Waals surface area contributed by atoms with Crippen LogP contribution in [0.1, 0.15) is 29.2 Å². The van der Waals surface area contributed by atoms with Crippen molar-refractivity contribution in [3.8, 4) is 0 Å². The number of halogens is 3. The SMILES string of the molecule is CNCC(=O)OCc1cccnc1N(C)C(=O)OC(C)n1nc(C(=O)Nc2ccc(Cl)cc2Cl)cc1F. The Hall–Kier alpha value is -3.74. The summed E-state index contributed by atoms with van der Waals surface area (Å²) in [5, 5.41) is 9.67. The standard InChI is InChI=1S/C23H23Cl2FN6O5/c1-13(32-19(26)10-18(30-32)22(34)29-17-7-6-15(24)9-16(17)25)37-23(35)31(3)21-14(5-4-8-28-21)12-36-20(33)11-27-2/h4-10,13,27H,11-12H2,1-3H3,(H,29,34). The topological polar surface area (TPSA) is 128 Å². The number of benzene rings is 1. The van der Waals surface area contributed by atoms with Crippen molar-refractivity contribution in [2.75, 3.05) is 30.9 Å². The highest BCUT2D eigenvalue weighted by atomic mass is 35.5. The number of hydrogen-bond acceptors (Lipinski definition) is 8. The highest BCUT2D eigenvalue weighted by molar-refractivity contribution is 6.36. The van der Waals surface area contributed by atoms with Crippen LogP contribution in [0.3, 0.4) is 0 Å². The monoisotopic (exact) mass is 552 g/mol. The van der Waals surface area contributed by atoms with Crippen molar-refractivity contribution in [3.05, 3.63) is 69.8 Å². The first-order valence-corrected chi connectivity index (χ1v) is 11.6. The third-order valence-electron chi connectivity index (χ3n) is 4.89. The van der Waals surface area contributed by atoms with Crippen molar-refractivity contribution >= 4 is 52.7 Å². The maximum absolute atomic E-state index is 14.6. The number of amides is 2. The van der Waals surface area contributed by atoms with E-state index < -0.39 is 30.1 Å². The number of esters is 1. The van der Waals surface area contributed by atoms with Crippen LogP contribution in [0.2, 0.25) is 10.0 Å². The maximum atomic E-state index is 14.6. The van der Waals surface area contributed by atoms with E-state index in [-0.39, 0.29) is 35.4 Å². The molecule has 0 radical (unpaired) electrons. The summed E-state index contributed by atoms with van der Waals surface area (Å²) in [6.45, 7) is 1.27. The molecule has 2 N–H and O–H groups in total. The zero-order chi connectivity index (χ0) is 27.1. The second-order valence-corrected chi connectivity index (χ2v) is 8.44. The minimum Gasteiger partial charge on any atom is -0.460 e. The Bertz CT molecular complexity index is 1300. The number of pyridine rings is 1. The van der Waals surface area contributed by atoms with Crippen LogP contribution in [0.15, 0.2) is 42.6 Å². The van der Waals surface area contributed by atoms with E-state index in [9.17, 15) is 18.8 Å². The van der Waals surface area contributed by atoms with Gasteiger partial charge in [-0.05, 0) is 38.2 Å². The molecule has 0 saturated heterocycles. The van der Waals surface area contributed by atoms with E-state index in [1.165, 1.54) is 38.4 Å². The number of carbonyl (C=O) groups is 3. The number of aromatic nitrogens is 3. The molecule has 3 rings (SSSR count). The Balaban J connectivity index is 1.68. The summed E-state index contributed by atoms with van der Waals surface area (Å²) in [7, 11) is 3.00. The number of anilines is 2. The second-order valence-electron chi connectivity index (χ2n) is 7.59. The quantitative estimate of drug-likeness (QED) is 0.381. The largest absolute Gasteiger partial charge is 0.460 e. The molecule has 2 aromatic heterocycles. The fraction of sp³-hybridized carbons (Fsp3) is 0.261. The van der Waals surface area contributed by atoms with Crippen LogP contribution in [-0.4, -0.2) is 53.4 Å². The van der Waals surface area contributed by atoms with Crippen LogP contribution >= 0.6 is 23.2 Å². The van der Waals surface area contributed by atoms with E-state index in [2.05, 4.69) is 20.7 Å². The Morgan fingerprint density at radius 2 is 1.97 bits per heavy atom. The minimum absolute atomic E-state index is 0.0210. The van der Waals surface area contributed by atoms with Gasteiger partial charge in [-0.1, -0.05) is 29.3 Å². The number of rotatable bonds is 9. The number of nitrogens with zero attached hydrogens (tertiary/aromatic N) is 4. The molecule has 1 atom stereocenters. The van der Waals surface area contributed by atoms with E-state index >= 15 is 0 Å². The zero-order valence-electron chi connectivity index (χ0n) is 20.0. The van der Waals surface area contributed by atoms with Gasteiger partial charge in [0.05, 0.1) is 17.3 Å². The second kappa shape index (κ2) is 12.5. The van der Waals surface area contributed by atoms with Gasteiger partial charge in [0.1, 0.15) is 12.4 Å². The molecule has 0 aliphatic carbocycles. The number of carbonyl (C=O) groups excluding carboxylic acids is 3. The van der Waals surface area contributed by atoms with Gasteiger partial charge in [0.15, 0.2) is 11.9 Å². The highest BCUT2D eigenvalue weighted by Crippen LogP contribution is 2.26. The lowest BCUT2D eigenvalue weighted by molar-refractivity contribution is -0.143. The van der Waals surface area contributed by atoms with Crippen LogP contribution < -0.4 is 15.5 Å². The molecule has 0 fully saturated rings. The van der Waals surface area contributed by atoms with Gasteiger partial charge in [-0.15, -0.1) is 0 Å². The molecule has 1 aromatic carbocycles. The van der Waals surface area contributed by atoms with Gasteiger partial charge in [-0.2, -0.15) is 14.2 Å². The zero-order valence-corrected chi connectivity index (χ0v) is 21.5. The van der Waals surface area contributed by atoms with Crippen LogP contribution in [0.5, 0.6) is 0 Å². The van der Waals surface area contributed by atoms with Gasteiger partial charge in [-0.25, -0.2) is 9.78 Å². The normalized spacial score (nSPS) is 11.5. The molecule has 2 amide bonds. The third-order valence-corrected chi connectivity index (χ3v) is 5.43. The number of hydrogen-bond donors (Lipinski definition) is 2. The van der Waals surface area contributed by atoms with Crippen molar-refractivity contribution in [3.63, 3.8) is 0 Å². The van der Waals surface area contributed by atoms with Crippen LogP contribution in [0.4, 0.5) is 20.7 Å². The predicted molar refractivity (Wildman–Crippen MR) is 134 cm³/mol. The molecule has 0 aliphatic rings. The Morgan fingerprint density at radius 3 is 2.68 bits per heavy atom. The molecule has 14 heteroatoms. The first kappa shape index (κ1) is 27.8. The number of nitrogens with one attached hydrogen (secondary N) is 2. The van der Waals surface area contributed by atoms with E-state index in [1.807, 2.05) is 0 Å². The summed E-state index contributed by atoms with van der Waals surface area (Å²) in [4.78, 5) is 42.2. The Morgan fingerprint density at radius 1 is 1.22 bits per heavy atom. The van der Waals surface area contributed by atoms with Crippen LogP contribution in [0.25, 0.3) is 0 Å². The molecule has 0 aliphatic heterocycles. The summed E-state index contributed by atoms with van der Waals surface area (Å²) in [6.07, 6.45) is -0.661. The van der Waals surface area contributed by atoms with Crippen LogP contribution in [-0.2, 0) is 20.9 Å². The molecule has 0 bridgehead atoms. The average Bonchev–Trinajstić information content (AvgIpc) is 3.26. The first-order valence-electron chi connectivity index (χ1n) is 10.8. The number of ether oxygens (including phenoxy) is 2. The summed E-state index contributed by atoms with van der Waals surface area (Å²) in [5.74, 6) is -1.95. The lowest BCUT2D eigenvalue weighted by atomic mass is 10.2. The van der Waals surface area contributed by atoms with Crippen molar-refractivity contribution in [1.82, 2.24) is 20.1 Å². The molecule has 3 aromatic rings. The molecular formula is C23H23Cl2FN6O5. The fourth-order valence-electron chi connectivity index (χ4n) is 3.07. The van der Waals surface area contributed by atoms with E-state index in [0.29, 0.717) is 10.6 Å². The lowest BCUT2D eigenvalue weighted by Gasteiger charge is -2.21. The van der Waals surface area contributed by atoms with Crippen molar-refractivity contribution < 1.29 is 28.2 Å². The molecule has 2 heterocycles. The van der Waals surface area contributed by atoms with Crippen molar-refractivity contribution in [2.45, 2.75) is 19.8 Å². The third kappa shape index (κ3) is 7.15. The first-order chi connectivity index (χ1) is 17.6. The minimum atomic E-state index is -1.23. The predicted octanol–water partition coefficient (Wildman–Crippen LogP) is 4.03. The highest BCUT2D eigenvalue weighted by Gasteiger charge is 2.24. The summed E-state index contributed by atoms with van der Waals surface area (Å²) >= 11 is 11.9. The summed E-state index contributed by atoms with van der Waals surface area (Å²) in [5.41, 5.74) is 0.439. The molecular weight excluding hydrogens is 530 g/mol. The smallest absolute Gasteiger partial charge is 0.417 e. The average molecular weight is 553 g/mol. The van der Waals surface area contributed by atoms with Gasteiger partial charge in [-0.3, -0.25) is 14.5 Å². The van der Waals surface area contributed by atoms with Gasteiger partial charge >= 0.3 is 12.1 Å². The molecule has 0 spiro atoms. The van der Waals surface area contributed by atoms with Crippen LogP contribution in [0, 0.1) is 5.95 Å². The van der Waals surface area contributed by atoms with Gasteiger partial charge < -0.3 is 20.1 Å². The maximum Gasteiger partial charge on any atom is 0.417 e.